The van der Waals surface area contributed by atoms with E-state index in [0.29, 0.717) is 0 Å². The van der Waals surface area contributed by atoms with Gasteiger partial charge in [-0.15, -0.1) is 11.8 Å². The van der Waals surface area contributed by atoms with Gasteiger partial charge in [0.1, 0.15) is 0 Å². The lowest BCUT2D eigenvalue weighted by Gasteiger charge is -2.33. The van der Waals surface area contributed by atoms with Gasteiger partial charge < -0.3 is 21.3 Å². The first-order valence-corrected chi connectivity index (χ1v) is 8.37. The Labute approximate surface area is 124 Å². The third kappa shape index (κ3) is 3.79. The van der Waals surface area contributed by atoms with E-state index in [9.17, 15) is 9.59 Å². The third-order valence-corrected chi connectivity index (χ3v) is 5.16. The molecule has 1 aliphatic carbocycles. The van der Waals surface area contributed by atoms with Crippen molar-refractivity contribution in [3.63, 3.8) is 0 Å². The number of hydrogen-bond donors (Lipinski definition) is 3. The summed E-state index contributed by atoms with van der Waals surface area (Å²) in [4.78, 5) is 25.4. The van der Waals surface area contributed by atoms with Crippen molar-refractivity contribution in [3.8, 4) is 0 Å². The molecule has 20 heavy (non-hydrogen) atoms. The molecule has 4 N–H and O–H groups in total. The number of nitrogens with two attached hydrogens (primary N) is 1. The summed E-state index contributed by atoms with van der Waals surface area (Å²) in [5.74, 6) is 2.13. The van der Waals surface area contributed by atoms with Crippen LogP contribution in [0.3, 0.4) is 0 Å². The maximum Gasteiger partial charge on any atom is 0.314 e. The molecule has 0 aromatic heterocycles. The first-order chi connectivity index (χ1) is 9.61. The van der Waals surface area contributed by atoms with Crippen molar-refractivity contribution in [2.24, 2.45) is 11.7 Å². The maximum absolute atomic E-state index is 12.3. The summed E-state index contributed by atoms with van der Waals surface area (Å²) >= 11 is 1.78. The van der Waals surface area contributed by atoms with Gasteiger partial charge in [-0.1, -0.05) is 0 Å². The van der Waals surface area contributed by atoms with Gasteiger partial charge in [0.25, 0.3) is 0 Å². The normalized spacial score (nSPS) is 28.0. The van der Waals surface area contributed by atoms with Gasteiger partial charge in [0.05, 0.1) is 11.9 Å². The van der Waals surface area contributed by atoms with Gasteiger partial charge in [0.2, 0.25) is 5.91 Å². The lowest BCUT2D eigenvalue weighted by Crippen LogP contribution is -2.49. The van der Waals surface area contributed by atoms with Gasteiger partial charge in [0.15, 0.2) is 0 Å². The summed E-state index contributed by atoms with van der Waals surface area (Å²) in [6, 6.07) is -0.312. The molecule has 1 heterocycles. The van der Waals surface area contributed by atoms with Gasteiger partial charge >= 0.3 is 6.03 Å². The molecule has 2 fully saturated rings. The van der Waals surface area contributed by atoms with E-state index in [1.165, 1.54) is 0 Å². The van der Waals surface area contributed by atoms with E-state index in [0.717, 1.165) is 43.9 Å². The molecule has 114 valence electrons. The zero-order chi connectivity index (χ0) is 14.5. The topological polar surface area (TPSA) is 87.5 Å². The van der Waals surface area contributed by atoms with E-state index in [-0.39, 0.29) is 29.9 Å². The van der Waals surface area contributed by atoms with Gasteiger partial charge in [-0.25, -0.2) is 4.79 Å². The van der Waals surface area contributed by atoms with E-state index < -0.39 is 0 Å². The van der Waals surface area contributed by atoms with Crippen molar-refractivity contribution in [3.05, 3.63) is 0 Å². The first-order valence-electron chi connectivity index (χ1n) is 7.22. The molecule has 1 atom stereocenters. The molecule has 2 rings (SSSR count). The molecule has 3 amide bonds. The monoisotopic (exact) mass is 300 g/mol. The highest BCUT2D eigenvalue weighted by Gasteiger charge is 2.33. The van der Waals surface area contributed by atoms with Crippen molar-refractivity contribution in [1.82, 2.24) is 15.5 Å². The third-order valence-electron chi connectivity index (χ3n) is 4.19. The summed E-state index contributed by atoms with van der Waals surface area (Å²) in [5, 5.41) is 5.49. The van der Waals surface area contributed by atoms with E-state index in [4.69, 9.17) is 5.73 Å². The minimum absolute atomic E-state index is 0.0951. The second-order valence-electron chi connectivity index (χ2n) is 5.50. The Bertz CT molecular complexity index is 352. The fourth-order valence-corrected chi connectivity index (χ4v) is 3.84. The average Bonchev–Trinajstić information content (AvgIpc) is 3.00. The minimum atomic E-state index is -0.380. The second-order valence-corrected chi connectivity index (χ2v) is 6.57. The Morgan fingerprint density at radius 1 is 1.30 bits per heavy atom. The van der Waals surface area contributed by atoms with Crippen LogP contribution >= 0.6 is 11.8 Å². The number of carbonyl (C=O) groups excluding carboxylic acids is 2. The summed E-state index contributed by atoms with van der Waals surface area (Å²) in [5.41, 5.74) is 6.14. The number of nitrogens with one attached hydrogen (secondary N) is 2. The molecule has 0 unspecified atom stereocenters. The molecule has 0 radical (unpaired) electrons. The second kappa shape index (κ2) is 7.17. The van der Waals surface area contributed by atoms with Crippen molar-refractivity contribution in [1.29, 1.82) is 0 Å². The molecule has 0 aromatic carbocycles. The molecule has 2 aliphatic rings. The van der Waals surface area contributed by atoms with E-state index in [2.05, 4.69) is 10.6 Å². The largest absolute Gasteiger partial charge is 0.341 e. The number of thioether (sulfide) groups is 1. The number of amides is 3. The summed E-state index contributed by atoms with van der Waals surface area (Å²) < 4.78 is 0. The van der Waals surface area contributed by atoms with Crippen LogP contribution in [0.15, 0.2) is 0 Å². The Morgan fingerprint density at radius 2 is 2.00 bits per heavy atom. The standard InChI is InChI=1S/C13H24N4O2S/c1-15-13(19)16-10-4-2-9(3-5-10)11(14)12(18)17-6-7-20-8-17/h9-11H,2-8,14H2,1H3,(H2,15,16,19)/t9?,10?,11-/m0/s1. The Balaban J connectivity index is 1.77. The number of urea groups is 1. The zero-order valence-corrected chi connectivity index (χ0v) is 12.7. The smallest absolute Gasteiger partial charge is 0.314 e. The lowest BCUT2D eigenvalue weighted by atomic mass is 9.81. The molecular weight excluding hydrogens is 276 g/mol. The van der Waals surface area contributed by atoms with Crippen molar-refractivity contribution >= 4 is 23.7 Å². The number of nitrogens with zero attached hydrogens (tertiary/aromatic N) is 1. The van der Waals surface area contributed by atoms with Gasteiger partial charge in [-0.05, 0) is 31.6 Å². The van der Waals surface area contributed by atoms with Crippen molar-refractivity contribution < 1.29 is 9.59 Å². The number of hydrogen-bond acceptors (Lipinski definition) is 4. The highest BCUT2D eigenvalue weighted by atomic mass is 32.2. The van der Waals surface area contributed by atoms with E-state index >= 15 is 0 Å². The fraction of sp³-hybridized carbons (Fsp3) is 0.846. The van der Waals surface area contributed by atoms with E-state index in [1.54, 1.807) is 18.8 Å². The summed E-state index contributed by atoms with van der Waals surface area (Å²) in [6.45, 7) is 0.824. The van der Waals surface area contributed by atoms with Gasteiger partial charge in [-0.3, -0.25) is 4.79 Å². The molecule has 0 bridgehead atoms. The Morgan fingerprint density at radius 3 is 2.55 bits per heavy atom. The Hall–Kier alpha value is -0.950. The molecule has 6 nitrogen and oxygen atoms in total. The average molecular weight is 300 g/mol. The van der Waals surface area contributed by atoms with Crippen LogP contribution in [0.2, 0.25) is 0 Å². The fourth-order valence-electron chi connectivity index (χ4n) is 2.88. The molecule has 0 aromatic rings. The van der Waals surface area contributed by atoms with Crippen LogP contribution in [-0.2, 0) is 4.79 Å². The van der Waals surface area contributed by atoms with E-state index in [1.807, 2.05) is 4.90 Å². The molecule has 1 saturated heterocycles. The maximum atomic E-state index is 12.3. The predicted molar refractivity (Wildman–Crippen MR) is 80.4 cm³/mol. The predicted octanol–water partition coefficient (Wildman–Crippen LogP) is 0.334. The zero-order valence-electron chi connectivity index (χ0n) is 11.9. The summed E-state index contributed by atoms with van der Waals surface area (Å²) in [7, 11) is 1.61. The van der Waals surface area contributed by atoms with Gasteiger partial charge in [0, 0.05) is 25.4 Å². The molecular formula is C13H24N4O2S. The molecule has 1 aliphatic heterocycles. The van der Waals surface area contributed by atoms with Crippen LogP contribution in [0, 0.1) is 5.92 Å². The number of rotatable bonds is 3. The van der Waals surface area contributed by atoms with Gasteiger partial charge in [-0.2, -0.15) is 0 Å². The van der Waals surface area contributed by atoms with Crippen LogP contribution in [0.4, 0.5) is 4.79 Å². The summed E-state index contributed by atoms with van der Waals surface area (Å²) in [6.07, 6.45) is 3.60. The van der Waals surface area contributed by atoms with Crippen LogP contribution < -0.4 is 16.4 Å². The SMILES string of the molecule is CNC(=O)NC1CCC([C@H](N)C(=O)N2CCSC2)CC1. The number of carbonyl (C=O) groups is 2. The minimum Gasteiger partial charge on any atom is -0.341 e. The lowest BCUT2D eigenvalue weighted by molar-refractivity contribution is -0.132. The molecule has 7 heteroatoms. The van der Waals surface area contributed by atoms with Crippen LogP contribution in [0.1, 0.15) is 25.7 Å². The highest BCUT2D eigenvalue weighted by molar-refractivity contribution is 7.99. The van der Waals surface area contributed by atoms with Crippen LogP contribution in [0.5, 0.6) is 0 Å². The van der Waals surface area contributed by atoms with Crippen molar-refractivity contribution in [2.75, 3.05) is 25.2 Å². The van der Waals surface area contributed by atoms with Crippen LogP contribution in [-0.4, -0.2) is 54.1 Å². The quantitative estimate of drug-likeness (QED) is 0.701. The van der Waals surface area contributed by atoms with Crippen molar-refractivity contribution in [2.45, 2.75) is 37.8 Å². The molecule has 1 saturated carbocycles. The Kier molecular flexibility index (Phi) is 5.54. The van der Waals surface area contributed by atoms with Crippen LogP contribution in [0.25, 0.3) is 0 Å². The first kappa shape index (κ1) is 15.4. The highest BCUT2D eigenvalue weighted by Crippen LogP contribution is 2.28. The molecule has 0 spiro atoms.